The highest BCUT2D eigenvalue weighted by molar-refractivity contribution is 5.44. The van der Waals surface area contributed by atoms with Gasteiger partial charge in [-0.05, 0) is 17.7 Å². The fraction of sp³-hybridized carbons (Fsp3) is 0.200. The van der Waals surface area contributed by atoms with Crippen molar-refractivity contribution in [2.24, 2.45) is 0 Å². The average Bonchev–Trinajstić information content (AvgIpc) is 2.15. The first-order chi connectivity index (χ1) is 5.86. The Hall–Kier alpha value is -1.28. The molecule has 0 aliphatic carbocycles. The molecule has 0 unspecified atom stereocenters. The largest absolute Gasteiger partial charge is 0.392 e. The minimum Gasteiger partial charge on any atom is -0.392 e. The lowest BCUT2D eigenvalue weighted by atomic mass is 10.2. The Balaban J connectivity index is 2.58. The van der Waals surface area contributed by atoms with E-state index in [1.807, 2.05) is 24.3 Å². The summed E-state index contributed by atoms with van der Waals surface area (Å²) in [5, 5.41) is 11.9. The molecular weight excluding hydrogens is 150 g/mol. The van der Waals surface area contributed by atoms with Crippen LogP contribution in [0.15, 0.2) is 36.9 Å². The number of aliphatic hydroxyl groups excluding tert-OH is 1. The van der Waals surface area contributed by atoms with E-state index in [1.54, 1.807) is 6.08 Å². The molecule has 1 aromatic carbocycles. The second kappa shape index (κ2) is 4.57. The third-order valence-corrected chi connectivity index (χ3v) is 1.59. The number of rotatable bonds is 4. The molecule has 0 aliphatic heterocycles. The Morgan fingerprint density at radius 3 is 2.50 bits per heavy atom. The molecule has 2 heteroatoms. The third-order valence-electron chi connectivity index (χ3n) is 1.59. The highest BCUT2D eigenvalue weighted by atomic mass is 16.3. The molecule has 0 fully saturated rings. The molecule has 0 spiro atoms. The van der Waals surface area contributed by atoms with Crippen molar-refractivity contribution in [1.82, 2.24) is 0 Å². The number of hydrogen-bond donors (Lipinski definition) is 2. The van der Waals surface area contributed by atoms with Crippen LogP contribution in [0.4, 0.5) is 5.69 Å². The summed E-state index contributed by atoms with van der Waals surface area (Å²) in [6.45, 7) is 4.47. The Labute approximate surface area is 72.5 Å². The van der Waals surface area contributed by atoms with Crippen LogP contribution in [0, 0.1) is 0 Å². The first-order valence-corrected chi connectivity index (χ1v) is 3.91. The summed E-state index contributed by atoms with van der Waals surface area (Å²) >= 11 is 0. The summed E-state index contributed by atoms with van der Waals surface area (Å²) in [6, 6.07) is 7.67. The molecule has 12 heavy (non-hydrogen) atoms. The van der Waals surface area contributed by atoms with Crippen LogP contribution < -0.4 is 5.32 Å². The summed E-state index contributed by atoms with van der Waals surface area (Å²) in [4.78, 5) is 0. The average molecular weight is 163 g/mol. The normalized spacial score (nSPS) is 9.42. The van der Waals surface area contributed by atoms with Crippen molar-refractivity contribution in [3.05, 3.63) is 42.5 Å². The van der Waals surface area contributed by atoms with Crippen LogP contribution in [-0.2, 0) is 6.61 Å². The topological polar surface area (TPSA) is 32.3 Å². The summed E-state index contributed by atoms with van der Waals surface area (Å²) in [7, 11) is 0. The maximum atomic E-state index is 8.77. The first-order valence-electron chi connectivity index (χ1n) is 3.91. The second-order valence-corrected chi connectivity index (χ2v) is 2.52. The predicted octanol–water partition coefficient (Wildman–Crippen LogP) is 1.78. The number of hydrogen-bond acceptors (Lipinski definition) is 2. The molecular formula is C10H13NO. The summed E-state index contributed by atoms with van der Waals surface area (Å²) in [5.74, 6) is 0. The van der Waals surface area contributed by atoms with Crippen LogP contribution in [0.2, 0.25) is 0 Å². The van der Waals surface area contributed by atoms with Gasteiger partial charge in [0.2, 0.25) is 0 Å². The molecule has 0 aromatic heterocycles. The van der Waals surface area contributed by atoms with E-state index < -0.39 is 0 Å². The molecule has 64 valence electrons. The molecule has 1 rings (SSSR count). The number of benzene rings is 1. The van der Waals surface area contributed by atoms with Gasteiger partial charge in [-0.2, -0.15) is 0 Å². The molecule has 0 bridgehead atoms. The van der Waals surface area contributed by atoms with Crippen LogP contribution in [0.25, 0.3) is 0 Å². The maximum absolute atomic E-state index is 8.77. The lowest BCUT2D eigenvalue weighted by Gasteiger charge is -2.03. The zero-order chi connectivity index (χ0) is 8.81. The van der Waals surface area contributed by atoms with Crippen LogP contribution in [-0.4, -0.2) is 11.7 Å². The minimum atomic E-state index is 0.0989. The smallest absolute Gasteiger partial charge is 0.0681 e. The fourth-order valence-electron chi connectivity index (χ4n) is 0.918. The molecule has 0 radical (unpaired) electrons. The van der Waals surface area contributed by atoms with Gasteiger partial charge in [-0.3, -0.25) is 0 Å². The molecule has 2 nitrogen and oxygen atoms in total. The molecule has 0 saturated carbocycles. The van der Waals surface area contributed by atoms with E-state index in [1.165, 1.54) is 0 Å². The van der Waals surface area contributed by atoms with Gasteiger partial charge in [-0.15, -0.1) is 6.58 Å². The van der Waals surface area contributed by atoms with Gasteiger partial charge < -0.3 is 10.4 Å². The maximum Gasteiger partial charge on any atom is 0.0681 e. The van der Waals surface area contributed by atoms with E-state index in [0.717, 1.165) is 17.8 Å². The third kappa shape index (κ3) is 2.40. The lowest BCUT2D eigenvalue weighted by molar-refractivity contribution is 0.282. The summed E-state index contributed by atoms with van der Waals surface area (Å²) < 4.78 is 0. The van der Waals surface area contributed by atoms with Crippen molar-refractivity contribution in [2.45, 2.75) is 6.61 Å². The Morgan fingerprint density at radius 2 is 2.00 bits per heavy atom. The number of anilines is 1. The highest BCUT2D eigenvalue weighted by Crippen LogP contribution is 2.08. The monoisotopic (exact) mass is 163 g/mol. The molecule has 1 aromatic rings. The van der Waals surface area contributed by atoms with E-state index in [2.05, 4.69) is 11.9 Å². The molecule has 0 atom stereocenters. The lowest BCUT2D eigenvalue weighted by Crippen LogP contribution is -1.97. The van der Waals surface area contributed by atoms with Gasteiger partial charge in [-0.25, -0.2) is 0 Å². The van der Waals surface area contributed by atoms with Gasteiger partial charge >= 0.3 is 0 Å². The Bertz CT molecular complexity index is 241. The van der Waals surface area contributed by atoms with Gasteiger partial charge in [0, 0.05) is 12.2 Å². The van der Waals surface area contributed by atoms with Crippen molar-refractivity contribution in [1.29, 1.82) is 0 Å². The van der Waals surface area contributed by atoms with Crippen molar-refractivity contribution in [3.63, 3.8) is 0 Å². The predicted molar refractivity (Wildman–Crippen MR) is 51.1 cm³/mol. The zero-order valence-electron chi connectivity index (χ0n) is 6.96. The van der Waals surface area contributed by atoms with Crippen LogP contribution in [0.5, 0.6) is 0 Å². The summed E-state index contributed by atoms with van der Waals surface area (Å²) in [5.41, 5.74) is 1.98. The fourth-order valence-corrected chi connectivity index (χ4v) is 0.918. The number of aliphatic hydroxyl groups is 1. The standard InChI is InChI=1S/C10H13NO/c1-2-7-11-10-5-3-9(8-12)4-6-10/h2-6,11-12H,1,7-8H2. The van der Waals surface area contributed by atoms with Crippen molar-refractivity contribution < 1.29 is 5.11 Å². The molecule has 0 amide bonds. The van der Waals surface area contributed by atoms with Crippen LogP contribution in [0.3, 0.4) is 0 Å². The first kappa shape index (κ1) is 8.81. The number of nitrogens with one attached hydrogen (secondary N) is 1. The summed E-state index contributed by atoms with van der Waals surface area (Å²) in [6.07, 6.45) is 1.81. The van der Waals surface area contributed by atoms with Crippen molar-refractivity contribution >= 4 is 5.69 Å². The van der Waals surface area contributed by atoms with Gasteiger partial charge in [-0.1, -0.05) is 18.2 Å². The minimum absolute atomic E-state index is 0.0989. The van der Waals surface area contributed by atoms with E-state index in [4.69, 9.17) is 5.11 Å². The molecule has 0 saturated heterocycles. The van der Waals surface area contributed by atoms with Gasteiger partial charge in [0.05, 0.1) is 6.61 Å². The Kier molecular flexibility index (Phi) is 3.35. The van der Waals surface area contributed by atoms with E-state index in [9.17, 15) is 0 Å². The second-order valence-electron chi connectivity index (χ2n) is 2.52. The van der Waals surface area contributed by atoms with Gasteiger partial charge in [0.15, 0.2) is 0 Å². The SMILES string of the molecule is C=CCNc1ccc(CO)cc1. The molecule has 0 heterocycles. The van der Waals surface area contributed by atoms with Crippen molar-refractivity contribution in [3.8, 4) is 0 Å². The Morgan fingerprint density at radius 1 is 1.33 bits per heavy atom. The zero-order valence-corrected chi connectivity index (χ0v) is 6.96. The quantitative estimate of drug-likeness (QED) is 0.663. The van der Waals surface area contributed by atoms with Crippen LogP contribution >= 0.6 is 0 Å². The highest BCUT2D eigenvalue weighted by Gasteiger charge is 1.90. The van der Waals surface area contributed by atoms with E-state index in [0.29, 0.717) is 0 Å². The van der Waals surface area contributed by atoms with Gasteiger partial charge in [0.1, 0.15) is 0 Å². The van der Waals surface area contributed by atoms with Crippen LogP contribution in [0.1, 0.15) is 5.56 Å². The van der Waals surface area contributed by atoms with Crippen molar-refractivity contribution in [2.75, 3.05) is 11.9 Å². The molecule has 0 aliphatic rings. The van der Waals surface area contributed by atoms with E-state index >= 15 is 0 Å². The van der Waals surface area contributed by atoms with Gasteiger partial charge in [0.25, 0.3) is 0 Å². The van der Waals surface area contributed by atoms with E-state index in [-0.39, 0.29) is 6.61 Å². The molecule has 2 N–H and O–H groups in total.